The molecule has 0 amide bonds. The van der Waals surface area contributed by atoms with E-state index in [0.717, 1.165) is 21.5 Å². The zero-order valence-corrected chi connectivity index (χ0v) is 13.9. The molecule has 0 saturated heterocycles. The maximum Gasteiger partial charge on any atom is 0.349 e. The second-order valence-electron chi connectivity index (χ2n) is 6.51. The Morgan fingerprint density at radius 3 is 3.08 bits per heavy atom. The molecule has 0 aromatic carbocycles. The third-order valence-electron chi connectivity index (χ3n) is 4.27. The van der Waals surface area contributed by atoms with Crippen LogP contribution in [-0.2, 0) is 17.8 Å². The van der Waals surface area contributed by atoms with Gasteiger partial charge in [-0.3, -0.25) is 4.98 Å². The smallest absolute Gasteiger partial charge is 0.349 e. The van der Waals surface area contributed by atoms with E-state index in [4.69, 9.17) is 9.15 Å². The van der Waals surface area contributed by atoms with Crippen LogP contribution < -0.4 is 5.69 Å². The van der Waals surface area contributed by atoms with E-state index < -0.39 is 0 Å². The van der Waals surface area contributed by atoms with E-state index in [9.17, 15) is 4.79 Å². The van der Waals surface area contributed by atoms with Crippen molar-refractivity contribution in [3.05, 3.63) is 39.3 Å². The molecule has 4 aromatic heterocycles. The SMILES string of the molecule is CC1(C)Cc2c(sc3[nH]c(=O)n4nc(-c5ccco5)nc4c23)CO1. The first kappa shape index (κ1) is 13.9. The third kappa shape index (κ3) is 1.90. The molecule has 1 aliphatic heterocycles. The van der Waals surface area contributed by atoms with Crippen LogP contribution in [0.1, 0.15) is 24.3 Å². The van der Waals surface area contributed by atoms with Crippen LogP contribution in [0.25, 0.3) is 27.4 Å². The van der Waals surface area contributed by atoms with Crippen LogP contribution in [0.4, 0.5) is 0 Å². The van der Waals surface area contributed by atoms with Gasteiger partial charge in [-0.15, -0.1) is 16.4 Å². The van der Waals surface area contributed by atoms with Gasteiger partial charge in [-0.2, -0.15) is 4.52 Å². The number of H-pyrrole nitrogens is 1. The fourth-order valence-corrected chi connectivity index (χ4v) is 4.27. The molecule has 1 aliphatic rings. The van der Waals surface area contributed by atoms with Crippen LogP contribution in [0.5, 0.6) is 0 Å². The van der Waals surface area contributed by atoms with Crippen molar-refractivity contribution in [2.75, 3.05) is 0 Å². The normalized spacial score (nSPS) is 16.8. The van der Waals surface area contributed by atoms with E-state index in [1.807, 2.05) is 0 Å². The number of aromatic nitrogens is 4. The van der Waals surface area contributed by atoms with Crippen LogP contribution in [0.2, 0.25) is 0 Å². The summed E-state index contributed by atoms with van der Waals surface area (Å²) in [6.07, 6.45) is 2.33. The van der Waals surface area contributed by atoms with Crippen molar-refractivity contribution in [1.29, 1.82) is 0 Å². The molecule has 0 saturated carbocycles. The molecule has 0 radical (unpaired) electrons. The topological polar surface area (TPSA) is 85.4 Å². The summed E-state index contributed by atoms with van der Waals surface area (Å²) in [6.45, 7) is 4.69. The van der Waals surface area contributed by atoms with E-state index in [-0.39, 0.29) is 11.3 Å². The highest BCUT2D eigenvalue weighted by molar-refractivity contribution is 7.19. The average Bonchev–Trinajstić information content (AvgIpc) is 3.22. The first-order valence-electron chi connectivity index (χ1n) is 7.63. The number of aromatic amines is 1. The first-order chi connectivity index (χ1) is 11.5. The predicted octanol–water partition coefficient (Wildman–Crippen LogP) is 2.74. The molecule has 0 aliphatic carbocycles. The van der Waals surface area contributed by atoms with Crippen molar-refractivity contribution < 1.29 is 9.15 Å². The number of nitrogens with zero attached hydrogens (tertiary/aromatic N) is 3. The standard InChI is InChI=1S/C16H14N4O3S/c1-16(2)6-8-10(7-23-16)24-14-11(8)13-17-12(9-4-3-5-22-9)19-20(13)15(21)18-14/h3-5H,6-7H2,1-2H3,(H,18,21). The van der Waals surface area contributed by atoms with Gasteiger partial charge in [0.25, 0.3) is 0 Å². The Bertz CT molecular complexity index is 1130. The quantitative estimate of drug-likeness (QED) is 0.575. The predicted molar refractivity (Wildman–Crippen MR) is 89.3 cm³/mol. The van der Waals surface area contributed by atoms with E-state index >= 15 is 0 Å². The van der Waals surface area contributed by atoms with Crippen LogP contribution in [-0.4, -0.2) is 25.2 Å². The lowest BCUT2D eigenvalue weighted by molar-refractivity contribution is -0.0379. The minimum absolute atomic E-state index is 0.238. The van der Waals surface area contributed by atoms with Gasteiger partial charge in [-0.05, 0) is 31.5 Å². The highest BCUT2D eigenvalue weighted by Crippen LogP contribution is 2.39. The lowest BCUT2D eigenvalue weighted by Crippen LogP contribution is -2.31. The van der Waals surface area contributed by atoms with Crippen LogP contribution in [0, 0.1) is 0 Å². The number of ether oxygens (including phenoxy) is 1. The number of hydrogen-bond donors (Lipinski definition) is 1. The fraction of sp³-hybridized carbons (Fsp3) is 0.312. The van der Waals surface area contributed by atoms with Crippen molar-refractivity contribution in [2.24, 2.45) is 0 Å². The molecule has 7 nitrogen and oxygen atoms in total. The molecule has 4 aromatic rings. The molecule has 0 atom stereocenters. The molecular formula is C16H14N4O3S. The van der Waals surface area contributed by atoms with Crippen LogP contribution >= 0.6 is 11.3 Å². The zero-order valence-electron chi connectivity index (χ0n) is 13.1. The molecule has 8 heteroatoms. The number of hydrogen-bond acceptors (Lipinski definition) is 6. The lowest BCUT2D eigenvalue weighted by atomic mass is 9.94. The van der Waals surface area contributed by atoms with Gasteiger partial charge in [0.1, 0.15) is 4.83 Å². The summed E-state index contributed by atoms with van der Waals surface area (Å²) in [7, 11) is 0. The molecule has 0 bridgehead atoms. The minimum atomic E-state index is -0.304. The Morgan fingerprint density at radius 1 is 1.42 bits per heavy atom. The summed E-state index contributed by atoms with van der Waals surface area (Å²) in [5.74, 6) is 0.947. The highest BCUT2D eigenvalue weighted by Gasteiger charge is 2.31. The van der Waals surface area contributed by atoms with Crippen molar-refractivity contribution >= 4 is 27.2 Å². The van der Waals surface area contributed by atoms with Gasteiger partial charge in [0, 0.05) is 11.3 Å². The number of nitrogens with one attached hydrogen (secondary N) is 1. The van der Waals surface area contributed by atoms with Crippen molar-refractivity contribution in [1.82, 2.24) is 19.6 Å². The summed E-state index contributed by atoms with van der Waals surface area (Å²) in [5.41, 5.74) is 1.21. The molecule has 1 N–H and O–H groups in total. The minimum Gasteiger partial charge on any atom is -0.461 e. The monoisotopic (exact) mass is 342 g/mol. The van der Waals surface area contributed by atoms with E-state index in [0.29, 0.717) is 23.8 Å². The van der Waals surface area contributed by atoms with Crippen LogP contribution in [0.3, 0.4) is 0 Å². The number of fused-ring (bicyclic) bond motifs is 5. The molecule has 5 heterocycles. The van der Waals surface area contributed by atoms with Gasteiger partial charge >= 0.3 is 5.69 Å². The Labute approximate surface area is 139 Å². The van der Waals surface area contributed by atoms with Crippen molar-refractivity contribution in [3.8, 4) is 11.6 Å². The number of furan rings is 1. The highest BCUT2D eigenvalue weighted by atomic mass is 32.1. The molecule has 0 unspecified atom stereocenters. The van der Waals surface area contributed by atoms with Crippen molar-refractivity contribution in [3.63, 3.8) is 0 Å². The largest absolute Gasteiger partial charge is 0.461 e. The Hall–Kier alpha value is -2.45. The fourth-order valence-electron chi connectivity index (χ4n) is 3.15. The summed E-state index contributed by atoms with van der Waals surface area (Å²) < 4.78 is 12.6. The molecule has 0 spiro atoms. The van der Waals surface area contributed by atoms with Gasteiger partial charge in [0.05, 0.1) is 23.9 Å². The Morgan fingerprint density at radius 2 is 2.29 bits per heavy atom. The van der Waals surface area contributed by atoms with Gasteiger partial charge in [0.2, 0.25) is 5.82 Å². The summed E-state index contributed by atoms with van der Waals surface area (Å²) in [6, 6.07) is 3.55. The lowest BCUT2D eigenvalue weighted by Gasteiger charge is -2.30. The summed E-state index contributed by atoms with van der Waals surface area (Å²) >= 11 is 1.55. The van der Waals surface area contributed by atoms with Gasteiger partial charge in [-0.25, -0.2) is 9.78 Å². The average molecular weight is 342 g/mol. The zero-order chi connectivity index (χ0) is 16.5. The van der Waals surface area contributed by atoms with Gasteiger partial charge in [0.15, 0.2) is 11.4 Å². The van der Waals surface area contributed by atoms with Gasteiger partial charge < -0.3 is 9.15 Å². The summed E-state index contributed by atoms with van der Waals surface area (Å²) in [5, 5.41) is 5.27. The number of rotatable bonds is 1. The Kier molecular flexibility index (Phi) is 2.64. The maximum absolute atomic E-state index is 12.4. The van der Waals surface area contributed by atoms with Gasteiger partial charge in [-0.1, -0.05) is 0 Å². The molecule has 24 heavy (non-hydrogen) atoms. The number of thiophene rings is 1. The van der Waals surface area contributed by atoms with Crippen molar-refractivity contribution in [2.45, 2.75) is 32.5 Å². The molecular weight excluding hydrogens is 328 g/mol. The van der Waals surface area contributed by atoms with E-state index in [1.165, 1.54) is 10.1 Å². The van der Waals surface area contributed by atoms with Crippen LogP contribution in [0.15, 0.2) is 27.6 Å². The third-order valence-corrected chi connectivity index (χ3v) is 5.39. The molecule has 122 valence electrons. The summed E-state index contributed by atoms with van der Waals surface area (Å²) in [4.78, 5) is 21.8. The van der Waals surface area contributed by atoms with E-state index in [2.05, 4.69) is 28.9 Å². The second-order valence-corrected chi connectivity index (χ2v) is 7.62. The maximum atomic E-state index is 12.4. The second kappa shape index (κ2) is 4.55. The Balaban J connectivity index is 1.86. The van der Waals surface area contributed by atoms with E-state index in [1.54, 1.807) is 29.7 Å². The molecule has 5 rings (SSSR count). The molecule has 0 fully saturated rings. The first-order valence-corrected chi connectivity index (χ1v) is 8.45.